The molecule has 0 atom stereocenters. The van der Waals surface area contributed by atoms with Crippen LogP contribution in [-0.2, 0) is 6.42 Å². The van der Waals surface area contributed by atoms with Crippen LogP contribution < -0.4 is 10.5 Å². The molecule has 0 radical (unpaired) electrons. The molecule has 1 heterocycles. The topological polar surface area (TPSA) is 102 Å². The highest BCUT2D eigenvalue weighted by molar-refractivity contribution is 5.85. The van der Waals surface area contributed by atoms with Crippen LogP contribution in [0.2, 0.25) is 0 Å². The number of nitrogens with zero attached hydrogens (tertiary/aromatic N) is 1. The average molecular weight is 459 g/mol. The van der Waals surface area contributed by atoms with E-state index < -0.39 is 11.9 Å². The van der Waals surface area contributed by atoms with Gasteiger partial charge in [-0.3, -0.25) is 0 Å². The smallest absolute Gasteiger partial charge is 0.444 e. The van der Waals surface area contributed by atoms with Crippen LogP contribution in [0.1, 0.15) is 12.0 Å². The number of ether oxygens (including phenoxy) is 1. The van der Waals surface area contributed by atoms with E-state index in [1.165, 1.54) is 30.5 Å². The predicted molar refractivity (Wildman–Crippen MR) is 111 cm³/mol. The van der Waals surface area contributed by atoms with Crippen molar-refractivity contribution in [1.82, 2.24) is 4.98 Å². The highest BCUT2D eigenvalue weighted by Gasteiger charge is 2.31. The fraction of sp³-hybridized carbons (Fsp3) is 0.286. The summed E-state index contributed by atoms with van der Waals surface area (Å²) in [5.41, 5.74) is 7.74. The Morgan fingerprint density at radius 2 is 1.52 bits per heavy atom. The third kappa shape index (κ3) is 6.70. The van der Waals surface area contributed by atoms with Gasteiger partial charge in [-0.25, -0.2) is 4.98 Å². The first-order valence-corrected chi connectivity index (χ1v) is 9.13. The van der Waals surface area contributed by atoms with Crippen molar-refractivity contribution in [3.8, 4) is 28.5 Å². The Bertz CT molecular complexity index is 956. The Morgan fingerprint density at radius 3 is 2.06 bits per heavy atom. The lowest BCUT2D eigenvalue weighted by Gasteiger charge is -2.24. The number of aryl methyl sites for hydroxylation is 1. The van der Waals surface area contributed by atoms with Gasteiger partial charge >= 0.3 is 6.36 Å². The van der Waals surface area contributed by atoms with E-state index in [2.05, 4.69) is 9.72 Å². The Kier molecular flexibility index (Phi) is 8.08. The second-order valence-corrected chi connectivity index (χ2v) is 6.99. The number of benzene rings is 2. The molecule has 0 saturated carbocycles. The molecule has 0 bridgehead atoms. The van der Waals surface area contributed by atoms with Gasteiger partial charge in [0.2, 0.25) is 5.89 Å². The summed E-state index contributed by atoms with van der Waals surface area (Å²) in [6.45, 7) is -0.598. The Balaban J connectivity index is 0.00000341. The lowest BCUT2D eigenvalue weighted by molar-refractivity contribution is -0.274. The summed E-state index contributed by atoms with van der Waals surface area (Å²) in [7, 11) is 0. The van der Waals surface area contributed by atoms with Crippen molar-refractivity contribution in [2.45, 2.75) is 24.7 Å². The molecule has 0 saturated heterocycles. The van der Waals surface area contributed by atoms with Crippen LogP contribution in [0.15, 0.2) is 59.2 Å². The quantitative estimate of drug-likeness (QED) is 0.472. The lowest BCUT2D eigenvalue weighted by Crippen LogP contribution is -2.47. The summed E-state index contributed by atoms with van der Waals surface area (Å²) in [6, 6.07) is 12.7. The molecule has 4 N–H and O–H groups in total. The van der Waals surface area contributed by atoms with E-state index in [1.54, 1.807) is 0 Å². The van der Waals surface area contributed by atoms with Crippen LogP contribution in [0.3, 0.4) is 0 Å². The van der Waals surface area contributed by atoms with Gasteiger partial charge in [0.25, 0.3) is 0 Å². The highest BCUT2D eigenvalue weighted by Crippen LogP contribution is 2.28. The second kappa shape index (κ2) is 10.1. The predicted octanol–water partition coefficient (Wildman–Crippen LogP) is 3.94. The van der Waals surface area contributed by atoms with Gasteiger partial charge in [-0.2, -0.15) is 0 Å². The standard InChI is InChI=1S/C21H21F3N2O4.ClH/c22-21(23,24)30-17-7-5-16(6-8-17)19-26-18(11-29-19)15-3-1-14(2-4-15)9-10-20(25,12-27)13-28;/h1-8,11,27-28H,9-10,12-13,25H2;1H. The van der Waals surface area contributed by atoms with Gasteiger partial charge in [0, 0.05) is 11.1 Å². The van der Waals surface area contributed by atoms with Gasteiger partial charge in [-0.15, -0.1) is 25.6 Å². The van der Waals surface area contributed by atoms with Crippen LogP contribution in [0, 0.1) is 0 Å². The van der Waals surface area contributed by atoms with Crippen LogP contribution in [-0.4, -0.2) is 40.3 Å². The summed E-state index contributed by atoms with van der Waals surface area (Å²) in [4.78, 5) is 4.38. The van der Waals surface area contributed by atoms with E-state index in [1.807, 2.05) is 24.3 Å². The van der Waals surface area contributed by atoms with E-state index in [9.17, 15) is 23.4 Å². The van der Waals surface area contributed by atoms with E-state index in [4.69, 9.17) is 10.2 Å². The number of hydrogen-bond donors (Lipinski definition) is 3. The minimum absolute atomic E-state index is 0. The minimum Gasteiger partial charge on any atom is -0.444 e. The minimum atomic E-state index is -4.74. The maximum absolute atomic E-state index is 12.2. The molecule has 3 rings (SSSR count). The van der Waals surface area contributed by atoms with Crippen molar-refractivity contribution in [3.63, 3.8) is 0 Å². The van der Waals surface area contributed by atoms with Gasteiger partial charge in [0.1, 0.15) is 17.7 Å². The van der Waals surface area contributed by atoms with E-state index in [0.29, 0.717) is 24.1 Å². The maximum atomic E-state index is 12.2. The number of halogens is 4. The highest BCUT2D eigenvalue weighted by atomic mass is 35.5. The van der Waals surface area contributed by atoms with Gasteiger partial charge in [-0.1, -0.05) is 24.3 Å². The molecule has 0 aliphatic carbocycles. The summed E-state index contributed by atoms with van der Waals surface area (Å²) in [5.74, 6) is -0.0519. The fourth-order valence-corrected chi connectivity index (χ4v) is 2.78. The molecule has 3 aromatic rings. The normalized spacial score (nSPS) is 11.8. The van der Waals surface area contributed by atoms with Crippen LogP contribution in [0.4, 0.5) is 13.2 Å². The Labute approximate surface area is 182 Å². The average Bonchev–Trinajstić information content (AvgIpc) is 3.22. The molecule has 0 unspecified atom stereocenters. The van der Waals surface area contributed by atoms with E-state index in [0.717, 1.165) is 11.1 Å². The molecule has 31 heavy (non-hydrogen) atoms. The molecule has 0 aliphatic rings. The number of alkyl halides is 3. The van der Waals surface area contributed by atoms with Crippen molar-refractivity contribution in [3.05, 3.63) is 60.4 Å². The third-order valence-electron chi connectivity index (χ3n) is 4.63. The molecular weight excluding hydrogens is 437 g/mol. The van der Waals surface area contributed by atoms with Crippen molar-refractivity contribution < 1.29 is 32.5 Å². The second-order valence-electron chi connectivity index (χ2n) is 6.99. The molecule has 0 spiro atoms. The van der Waals surface area contributed by atoms with Crippen molar-refractivity contribution in [2.24, 2.45) is 5.73 Å². The first kappa shape index (κ1) is 24.7. The molecule has 0 amide bonds. The first-order chi connectivity index (χ1) is 14.2. The Hall–Kier alpha value is -2.59. The van der Waals surface area contributed by atoms with Gasteiger partial charge in [0.15, 0.2) is 0 Å². The lowest BCUT2D eigenvalue weighted by atomic mass is 9.93. The zero-order valence-corrected chi connectivity index (χ0v) is 17.1. The number of aromatic nitrogens is 1. The van der Waals surface area contributed by atoms with Gasteiger partial charge in [-0.05, 0) is 42.7 Å². The van der Waals surface area contributed by atoms with Gasteiger partial charge < -0.3 is 25.1 Å². The number of rotatable bonds is 8. The molecule has 6 nitrogen and oxygen atoms in total. The van der Waals surface area contributed by atoms with Crippen molar-refractivity contribution in [2.75, 3.05) is 13.2 Å². The van der Waals surface area contributed by atoms with Crippen LogP contribution in [0.5, 0.6) is 5.75 Å². The fourth-order valence-electron chi connectivity index (χ4n) is 2.78. The first-order valence-electron chi connectivity index (χ1n) is 9.13. The molecule has 0 aliphatic heterocycles. The number of hydrogen-bond acceptors (Lipinski definition) is 6. The SMILES string of the molecule is Cl.NC(CO)(CO)CCc1ccc(-c2coc(-c3ccc(OC(F)(F)F)cc3)n2)cc1. The zero-order chi connectivity index (χ0) is 21.8. The Morgan fingerprint density at radius 1 is 0.935 bits per heavy atom. The van der Waals surface area contributed by atoms with Crippen molar-refractivity contribution >= 4 is 12.4 Å². The third-order valence-corrected chi connectivity index (χ3v) is 4.63. The summed E-state index contributed by atoms with van der Waals surface area (Å²) >= 11 is 0. The number of oxazole rings is 1. The number of aliphatic hydroxyl groups is 2. The molecule has 10 heteroatoms. The van der Waals surface area contributed by atoms with Crippen LogP contribution in [0.25, 0.3) is 22.7 Å². The van der Waals surface area contributed by atoms with E-state index >= 15 is 0 Å². The summed E-state index contributed by atoms with van der Waals surface area (Å²) in [5, 5.41) is 18.5. The summed E-state index contributed by atoms with van der Waals surface area (Å²) < 4.78 is 46.0. The monoisotopic (exact) mass is 458 g/mol. The number of nitrogens with two attached hydrogens (primary N) is 1. The van der Waals surface area contributed by atoms with Crippen molar-refractivity contribution in [1.29, 1.82) is 0 Å². The molecule has 2 aromatic carbocycles. The molecular formula is C21H22ClF3N2O4. The van der Waals surface area contributed by atoms with Gasteiger partial charge in [0.05, 0.1) is 18.8 Å². The van der Waals surface area contributed by atoms with E-state index in [-0.39, 0.29) is 37.3 Å². The molecule has 0 fully saturated rings. The number of aliphatic hydroxyl groups excluding tert-OH is 2. The molecule has 168 valence electrons. The van der Waals surface area contributed by atoms with Crippen LogP contribution >= 0.6 is 12.4 Å². The largest absolute Gasteiger partial charge is 0.573 e. The maximum Gasteiger partial charge on any atom is 0.573 e. The zero-order valence-electron chi connectivity index (χ0n) is 16.3. The summed E-state index contributed by atoms with van der Waals surface area (Å²) in [6.07, 6.45) is -2.26. The molecule has 1 aromatic heterocycles.